The number of amides is 1. The Balaban J connectivity index is 1.62. The molecule has 0 radical (unpaired) electrons. The third-order valence-corrected chi connectivity index (χ3v) is 5.70. The molecule has 0 saturated carbocycles. The smallest absolute Gasteiger partial charge is 0.258 e. The highest BCUT2D eigenvalue weighted by Crippen LogP contribution is 2.29. The van der Waals surface area contributed by atoms with Crippen LogP contribution >= 0.6 is 0 Å². The Morgan fingerprint density at radius 2 is 1.79 bits per heavy atom. The molecule has 5 nitrogen and oxygen atoms in total. The Bertz CT molecular complexity index is 818. The Morgan fingerprint density at radius 3 is 2.50 bits per heavy atom. The number of para-hydroxylation sites is 1. The molecule has 0 aliphatic carbocycles. The Kier molecular flexibility index (Phi) is 4.85. The molecule has 126 valence electrons. The molecule has 0 aromatic heterocycles. The van der Waals surface area contributed by atoms with Crippen LogP contribution in [0.3, 0.4) is 0 Å². The summed E-state index contributed by atoms with van der Waals surface area (Å²) in [5, 5.41) is 2.72. The molecule has 1 atom stereocenters. The highest BCUT2D eigenvalue weighted by molar-refractivity contribution is 7.91. The monoisotopic (exact) mass is 345 g/mol. The standard InChI is InChI=1S/C18H19NO4S/c20-18(19-15-10-11-24(21,22)13-15)12-23-17-9-5-4-8-16(17)14-6-2-1-3-7-14/h1-9,15H,10-13H2,(H,19,20). The van der Waals surface area contributed by atoms with E-state index in [0.29, 0.717) is 12.2 Å². The zero-order chi connectivity index (χ0) is 17.0. The Hall–Kier alpha value is -2.34. The van der Waals surface area contributed by atoms with Gasteiger partial charge in [-0.15, -0.1) is 0 Å². The lowest BCUT2D eigenvalue weighted by Gasteiger charge is -2.14. The van der Waals surface area contributed by atoms with Crippen LogP contribution in [0, 0.1) is 0 Å². The van der Waals surface area contributed by atoms with Crippen LogP contribution in [0.1, 0.15) is 6.42 Å². The topological polar surface area (TPSA) is 72.5 Å². The third kappa shape index (κ3) is 4.14. The van der Waals surface area contributed by atoms with Crippen LogP contribution < -0.4 is 10.1 Å². The number of sulfone groups is 1. The minimum Gasteiger partial charge on any atom is -0.483 e. The molecule has 1 heterocycles. The predicted octanol–water partition coefficient (Wildman–Crippen LogP) is 2.04. The van der Waals surface area contributed by atoms with Gasteiger partial charge >= 0.3 is 0 Å². The summed E-state index contributed by atoms with van der Waals surface area (Å²) >= 11 is 0. The molecule has 1 fully saturated rings. The predicted molar refractivity (Wildman–Crippen MR) is 92.6 cm³/mol. The van der Waals surface area contributed by atoms with Gasteiger partial charge in [-0.25, -0.2) is 8.42 Å². The average Bonchev–Trinajstić information content (AvgIpc) is 2.92. The van der Waals surface area contributed by atoms with Crippen molar-refractivity contribution in [2.75, 3.05) is 18.1 Å². The van der Waals surface area contributed by atoms with Crippen molar-refractivity contribution in [3.8, 4) is 16.9 Å². The van der Waals surface area contributed by atoms with Gasteiger partial charge in [0.1, 0.15) is 5.75 Å². The van der Waals surface area contributed by atoms with Crippen molar-refractivity contribution >= 4 is 15.7 Å². The van der Waals surface area contributed by atoms with Crippen LogP contribution in [0.4, 0.5) is 0 Å². The quantitative estimate of drug-likeness (QED) is 0.900. The van der Waals surface area contributed by atoms with Crippen molar-refractivity contribution < 1.29 is 17.9 Å². The van der Waals surface area contributed by atoms with Crippen LogP contribution in [0.25, 0.3) is 11.1 Å². The molecule has 1 N–H and O–H groups in total. The fourth-order valence-corrected chi connectivity index (χ4v) is 4.44. The van der Waals surface area contributed by atoms with Gasteiger partial charge in [0.25, 0.3) is 5.91 Å². The molecule has 0 bridgehead atoms. The van der Waals surface area contributed by atoms with Crippen LogP contribution in [0.5, 0.6) is 5.75 Å². The van der Waals surface area contributed by atoms with Gasteiger partial charge in [0.05, 0.1) is 11.5 Å². The lowest BCUT2D eigenvalue weighted by atomic mass is 10.1. The second-order valence-corrected chi connectivity index (χ2v) is 8.05. The summed E-state index contributed by atoms with van der Waals surface area (Å²) in [6.45, 7) is -0.138. The van der Waals surface area contributed by atoms with E-state index in [-0.39, 0.29) is 30.1 Å². The van der Waals surface area contributed by atoms with E-state index in [0.717, 1.165) is 11.1 Å². The highest BCUT2D eigenvalue weighted by Gasteiger charge is 2.28. The Morgan fingerprint density at radius 1 is 1.08 bits per heavy atom. The maximum absolute atomic E-state index is 12.0. The molecule has 24 heavy (non-hydrogen) atoms. The number of ether oxygens (including phenoxy) is 1. The number of benzene rings is 2. The van der Waals surface area contributed by atoms with Crippen molar-refractivity contribution in [3.05, 3.63) is 54.6 Å². The van der Waals surface area contributed by atoms with Gasteiger partial charge in [-0.3, -0.25) is 4.79 Å². The van der Waals surface area contributed by atoms with Crippen LogP contribution in [-0.2, 0) is 14.6 Å². The zero-order valence-electron chi connectivity index (χ0n) is 13.1. The van der Waals surface area contributed by atoms with Crippen molar-refractivity contribution in [2.45, 2.75) is 12.5 Å². The number of carbonyl (C=O) groups excluding carboxylic acids is 1. The summed E-state index contributed by atoms with van der Waals surface area (Å²) in [5.74, 6) is 0.465. The molecule has 0 spiro atoms. The lowest BCUT2D eigenvalue weighted by molar-refractivity contribution is -0.123. The van der Waals surface area contributed by atoms with Crippen LogP contribution in [-0.4, -0.2) is 38.5 Å². The van der Waals surface area contributed by atoms with E-state index in [4.69, 9.17) is 4.74 Å². The zero-order valence-corrected chi connectivity index (χ0v) is 14.0. The first-order chi connectivity index (χ1) is 11.5. The summed E-state index contributed by atoms with van der Waals surface area (Å²) in [7, 11) is -3.01. The van der Waals surface area contributed by atoms with Crippen molar-refractivity contribution in [3.63, 3.8) is 0 Å². The first kappa shape index (κ1) is 16.5. The van der Waals surface area contributed by atoms with E-state index in [2.05, 4.69) is 5.32 Å². The van der Waals surface area contributed by atoms with Crippen molar-refractivity contribution in [1.29, 1.82) is 0 Å². The van der Waals surface area contributed by atoms with Gasteiger partial charge in [0, 0.05) is 11.6 Å². The van der Waals surface area contributed by atoms with E-state index in [1.807, 2.05) is 54.6 Å². The second-order valence-electron chi connectivity index (χ2n) is 5.82. The van der Waals surface area contributed by atoms with Crippen molar-refractivity contribution in [2.24, 2.45) is 0 Å². The molecular weight excluding hydrogens is 326 g/mol. The minimum atomic E-state index is -3.01. The number of hydrogen-bond donors (Lipinski definition) is 1. The SMILES string of the molecule is O=C(COc1ccccc1-c1ccccc1)NC1CCS(=O)(=O)C1. The molecule has 1 aliphatic heterocycles. The average molecular weight is 345 g/mol. The van der Waals surface area contributed by atoms with E-state index < -0.39 is 9.84 Å². The van der Waals surface area contributed by atoms with Gasteiger partial charge < -0.3 is 10.1 Å². The number of hydrogen-bond acceptors (Lipinski definition) is 4. The summed E-state index contributed by atoms with van der Waals surface area (Å²) in [6, 6.07) is 17.0. The largest absolute Gasteiger partial charge is 0.483 e. The molecule has 1 amide bonds. The van der Waals surface area contributed by atoms with Crippen LogP contribution in [0.15, 0.2) is 54.6 Å². The molecule has 2 aromatic rings. The number of nitrogens with one attached hydrogen (secondary N) is 1. The molecule has 1 unspecified atom stereocenters. The van der Waals surface area contributed by atoms with E-state index in [9.17, 15) is 13.2 Å². The molecule has 1 aliphatic rings. The third-order valence-electron chi connectivity index (χ3n) is 3.93. The maximum atomic E-state index is 12.0. The van der Waals surface area contributed by atoms with Gasteiger partial charge in [0.2, 0.25) is 0 Å². The Labute approximate surface area is 141 Å². The maximum Gasteiger partial charge on any atom is 0.258 e. The molecule has 6 heteroatoms. The molecule has 2 aromatic carbocycles. The van der Waals surface area contributed by atoms with Gasteiger partial charge in [-0.2, -0.15) is 0 Å². The minimum absolute atomic E-state index is 0.0132. The fraction of sp³-hybridized carbons (Fsp3) is 0.278. The van der Waals surface area contributed by atoms with Gasteiger partial charge in [0.15, 0.2) is 16.4 Å². The lowest BCUT2D eigenvalue weighted by Crippen LogP contribution is -2.38. The van der Waals surface area contributed by atoms with E-state index in [1.165, 1.54) is 0 Å². The first-order valence-electron chi connectivity index (χ1n) is 7.80. The normalized spacial score (nSPS) is 18.9. The van der Waals surface area contributed by atoms with Crippen LogP contribution in [0.2, 0.25) is 0 Å². The molecular formula is C18H19NO4S. The van der Waals surface area contributed by atoms with Gasteiger partial charge in [-0.1, -0.05) is 48.5 Å². The second kappa shape index (κ2) is 7.05. The van der Waals surface area contributed by atoms with E-state index in [1.54, 1.807) is 0 Å². The fourth-order valence-electron chi connectivity index (χ4n) is 2.77. The van der Waals surface area contributed by atoms with Gasteiger partial charge in [-0.05, 0) is 18.1 Å². The number of rotatable bonds is 5. The first-order valence-corrected chi connectivity index (χ1v) is 9.63. The highest BCUT2D eigenvalue weighted by atomic mass is 32.2. The summed E-state index contributed by atoms with van der Waals surface area (Å²) in [6.07, 6.45) is 0.467. The molecule has 3 rings (SSSR count). The van der Waals surface area contributed by atoms with Crippen molar-refractivity contribution in [1.82, 2.24) is 5.32 Å². The number of carbonyl (C=O) groups is 1. The summed E-state index contributed by atoms with van der Waals surface area (Å²) in [4.78, 5) is 12.0. The van der Waals surface area contributed by atoms with E-state index >= 15 is 0 Å². The molecule has 1 saturated heterocycles. The summed E-state index contributed by atoms with van der Waals surface area (Å²) in [5.41, 5.74) is 1.92. The summed E-state index contributed by atoms with van der Waals surface area (Å²) < 4.78 is 28.5.